The van der Waals surface area contributed by atoms with Crippen molar-refractivity contribution in [2.24, 2.45) is 0 Å². The lowest BCUT2D eigenvalue weighted by Gasteiger charge is -2.24. The van der Waals surface area contributed by atoms with Crippen LogP contribution in [0, 0.1) is 6.92 Å². The average Bonchev–Trinajstić information content (AvgIpc) is 2.98. The van der Waals surface area contributed by atoms with Crippen molar-refractivity contribution in [1.29, 1.82) is 0 Å². The third-order valence-electron chi connectivity index (χ3n) is 5.15. The molecule has 158 valence electrons. The summed E-state index contributed by atoms with van der Waals surface area (Å²) < 4.78 is 16.0. The number of rotatable bonds is 7. The number of aromatic nitrogens is 1. The molecule has 1 unspecified atom stereocenters. The summed E-state index contributed by atoms with van der Waals surface area (Å²) in [5.74, 6) is 1.49. The molecule has 1 aliphatic rings. The highest BCUT2D eigenvalue weighted by molar-refractivity contribution is 7.11. The molecule has 1 N–H and O–H groups in total. The van der Waals surface area contributed by atoms with Gasteiger partial charge in [0.25, 0.3) is 0 Å². The van der Waals surface area contributed by atoms with E-state index in [1.165, 1.54) is 18.4 Å². The summed E-state index contributed by atoms with van der Waals surface area (Å²) in [5, 5.41) is 12.0. The molecule has 0 aliphatic carbocycles. The molecule has 1 atom stereocenters. The van der Waals surface area contributed by atoms with E-state index in [0.717, 1.165) is 28.5 Å². The highest BCUT2D eigenvalue weighted by Crippen LogP contribution is 2.37. The number of methoxy groups -OCH3 is 2. The van der Waals surface area contributed by atoms with Crippen LogP contribution in [0.5, 0.6) is 11.5 Å². The van der Waals surface area contributed by atoms with Crippen molar-refractivity contribution in [3.63, 3.8) is 0 Å². The molecule has 0 radical (unpaired) electrons. The molecule has 2 heterocycles. The van der Waals surface area contributed by atoms with Gasteiger partial charge in [-0.1, -0.05) is 0 Å². The maximum Gasteiger partial charge on any atom is 0.248 e. The number of amides is 1. The number of likely N-dealkylation sites (tertiary alicyclic amines) is 1. The molecule has 0 spiro atoms. The number of benzene rings is 1. The maximum absolute atomic E-state index is 12.1. The van der Waals surface area contributed by atoms with Gasteiger partial charge >= 0.3 is 0 Å². The van der Waals surface area contributed by atoms with Crippen molar-refractivity contribution in [3.8, 4) is 11.5 Å². The Morgan fingerprint density at radius 1 is 1.21 bits per heavy atom. The number of ether oxygens (including phenoxy) is 3. The molecular formula is C21H28N2O5S. The molecule has 7 nitrogen and oxygen atoms in total. The van der Waals surface area contributed by atoms with Crippen LogP contribution in [-0.4, -0.2) is 54.8 Å². The van der Waals surface area contributed by atoms with Crippen LogP contribution in [-0.2, 0) is 21.7 Å². The second-order valence-corrected chi connectivity index (χ2v) is 8.27. The fraction of sp³-hybridized carbons (Fsp3) is 0.524. The number of thiazole rings is 1. The number of nitrogens with zero attached hydrogens (tertiary/aromatic N) is 2. The van der Waals surface area contributed by atoms with Crippen LogP contribution in [0.25, 0.3) is 0 Å². The van der Waals surface area contributed by atoms with Crippen LogP contribution in [0.15, 0.2) is 24.3 Å². The fourth-order valence-electron chi connectivity index (χ4n) is 3.38. The molecule has 1 aromatic carbocycles. The molecule has 29 heavy (non-hydrogen) atoms. The Kier molecular flexibility index (Phi) is 7.10. The topological polar surface area (TPSA) is 81.1 Å². The first-order valence-electron chi connectivity index (χ1n) is 9.68. The Morgan fingerprint density at radius 2 is 1.93 bits per heavy atom. The minimum Gasteiger partial charge on any atom is -0.497 e. The van der Waals surface area contributed by atoms with E-state index in [-0.39, 0.29) is 12.5 Å². The molecule has 1 aliphatic heterocycles. The highest BCUT2D eigenvalue weighted by atomic mass is 32.1. The van der Waals surface area contributed by atoms with Crippen molar-refractivity contribution < 1.29 is 24.1 Å². The number of aliphatic hydroxyl groups is 1. The lowest BCUT2D eigenvalue weighted by molar-refractivity contribution is -0.135. The Balaban J connectivity index is 1.65. The van der Waals surface area contributed by atoms with Gasteiger partial charge < -0.3 is 24.2 Å². The predicted octanol–water partition coefficient (Wildman–Crippen LogP) is 2.89. The van der Waals surface area contributed by atoms with Gasteiger partial charge in [-0.2, -0.15) is 0 Å². The first-order chi connectivity index (χ1) is 13.9. The minimum absolute atomic E-state index is 0.0411. The summed E-state index contributed by atoms with van der Waals surface area (Å²) in [6.07, 6.45) is 1.77. The molecule has 0 saturated carbocycles. The second kappa shape index (κ2) is 9.56. The molecular weight excluding hydrogens is 392 g/mol. The molecule has 0 bridgehead atoms. The van der Waals surface area contributed by atoms with E-state index in [9.17, 15) is 9.90 Å². The maximum atomic E-state index is 12.1. The van der Waals surface area contributed by atoms with Crippen molar-refractivity contribution in [1.82, 2.24) is 9.88 Å². The van der Waals surface area contributed by atoms with Gasteiger partial charge in [0.1, 0.15) is 35.3 Å². The van der Waals surface area contributed by atoms with Crippen LogP contribution in [0.4, 0.5) is 0 Å². The SMILES string of the molecule is COCC(=O)N1CCCC(O)(c2nc(C)c(COc3ccc(OC)cc3)s2)CC1. The van der Waals surface area contributed by atoms with E-state index in [4.69, 9.17) is 14.2 Å². The van der Waals surface area contributed by atoms with E-state index in [0.29, 0.717) is 37.5 Å². The monoisotopic (exact) mass is 420 g/mol. The Labute approximate surface area is 175 Å². The van der Waals surface area contributed by atoms with E-state index in [1.807, 2.05) is 31.2 Å². The van der Waals surface area contributed by atoms with E-state index < -0.39 is 5.60 Å². The first-order valence-corrected chi connectivity index (χ1v) is 10.5. The van der Waals surface area contributed by atoms with Crippen molar-refractivity contribution in [3.05, 3.63) is 39.8 Å². The number of aryl methyl sites for hydroxylation is 1. The van der Waals surface area contributed by atoms with Gasteiger partial charge in [-0.05, 0) is 44.0 Å². The van der Waals surface area contributed by atoms with Crippen molar-refractivity contribution in [2.75, 3.05) is 33.9 Å². The third-order valence-corrected chi connectivity index (χ3v) is 6.48. The zero-order valence-corrected chi connectivity index (χ0v) is 18.0. The predicted molar refractivity (Wildman–Crippen MR) is 110 cm³/mol. The lowest BCUT2D eigenvalue weighted by Crippen LogP contribution is -2.35. The van der Waals surface area contributed by atoms with Gasteiger partial charge in [0, 0.05) is 26.6 Å². The second-order valence-electron chi connectivity index (χ2n) is 7.19. The van der Waals surface area contributed by atoms with E-state index in [1.54, 1.807) is 12.0 Å². The molecule has 8 heteroatoms. The van der Waals surface area contributed by atoms with Gasteiger partial charge in [-0.15, -0.1) is 11.3 Å². The van der Waals surface area contributed by atoms with Gasteiger partial charge in [0.15, 0.2) is 0 Å². The van der Waals surface area contributed by atoms with Crippen molar-refractivity contribution in [2.45, 2.75) is 38.4 Å². The van der Waals surface area contributed by atoms with Gasteiger partial charge in [0.2, 0.25) is 5.91 Å². The summed E-state index contributed by atoms with van der Waals surface area (Å²) in [7, 11) is 3.14. The number of hydrogen-bond donors (Lipinski definition) is 1. The molecule has 1 fully saturated rings. The number of carbonyl (C=O) groups excluding carboxylic acids is 1. The largest absolute Gasteiger partial charge is 0.497 e. The summed E-state index contributed by atoms with van der Waals surface area (Å²) in [6, 6.07) is 7.43. The normalized spacial score (nSPS) is 19.7. The minimum atomic E-state index is -1.02. The molecule has 2 aromatic rings. The van der Waals surface area contributed by atoms with E-state index in [2.05, 4.69) is 4.98 Å². The molecule has 1 amide bonds. The van der Waals surface area contributed by atoms with E-state index >= 15 is 0 Å². The lowest BCUT2D eigenvalue weighted by atomic mass is 9.96. The average molecular weight is 421 g/mol. The highest BCUT2D eigenvalue weighted by Gasteiger charge is 2.36. The number of carbonyl (C=O) groups is 1. The molecule has 1 saturated heterocycles. The van der Waals surface area contributed by atoms with Crippen LogP contribution in [0.2, 0.25) is 0 Å². The quantitative estimate of drug-likeness (QED) is 0.742. The summed E-state index contributed by atoms with van der Waals surface area (Å²) >= 11 is 1.48. The summed E-state index contributed by atoms with van der Waals surface area (Å²) in [4.78, 5) is 19.5. The van der Waals surface area contributed by atoms with Gasteiger partial charge in [0.05, 0.1) is 17.7 Å². The molecule has 3 rings (SSSR count). The van der Waals surface area contributed by atoms with Crippen LogP contribution < -0.4 is 9.47 Å². The van der Waals surface area contributed by atoms with Gasteiger partial charge in [-0.25, -0.2) is 4.98 Å². The zero-order chi connectivity index (χ0) is 20.9. The fourth-order valence-corrected chi connectivity index (χ4v) is 4.50. The zero-order valence-electron chi connectivity index (χ0n) is 17.1. The Morgan fingerprint density at radius 3 is 2.62 bits per heavy atom. The van der Waals surface area contributed by atoms with Crippen LogP contribution in [0.1, 0.15) is 34.8 Å². The van der Waals surface area contributed by atoms with Crippen molar-refractivity contribution >= 4 is 17.2 Å². The van der Waals surface area contributed by atoms with Crippen LogP contribution >= 0.6 is 11.3 Å². The summed E-state index contributed by atoms with van der Waals surface area (Å²) in [5.41, 5.74) is -0.154. The van der Waals surface area contributed by atoms with Gasteiger partial charge in [-0.3, -0.25) is 4.79 Å². The Hall–Kier alpha value is -2.16. The molecule has 1 aromatic heterocycles. The summed E-state index contributed by atoms with van der Waals surface area (Å²) in [6.45, 7) is 3.52. The first kappa shape index (κ1) is 21.5. The Bertz CT molecular complexity index is 823. The number of hydrogen-bond acceptors (Lipinski definition) is 7. The smallest absolute Gasteiger partial charge is 0.248 e. The standard InChI is InChI=1S/C21H28N2O5S/c1-15-18(13-28-17-7-5-16(27-3)6-8-17)29-20(22-15)21(25)9-4-11-23(12-10-21)19(24)14-26-2/h5-8,25H,4,9-14H2,1-3H3. The third kappa shape index (κ3) is 5.26. The van der Waals surface area contributed by atoms with Crippen LogP contribution in [0.3, 0.4) is 0 Å².